The van der Waals surface area contributed by atoms with E-state index < -0.39 is 5.97 Å². The second kappa shape index (κ2) is 7.36. The number of carboxylic acid groups (broad SMARTS) is 1. The van der Waals surface area contributed by atoms with Gasteiger partial charge in [0.25, 0.3) is 0 Å². The normalized spacial score (nSPS) is 20.3. The van der Waals surface area contributed by atoms with Gasteiger partial charge in [0.05, 0.1) is 6.54 Å². The molecule has 1 heterocycles. The lowest BCUT2D eigenvalue weighted by Gasteiger charge is -2.15. The standard InChI is InChI=1S/C13H24N2O3/c1-10(2)3-5-14-12(16)9-15-6-4-11(8-15)7-13(17)18/h10-11H,3-9H2,1-2H3,(H,14,16)(H,17,18). The quantitative estimate of drug-likeness (QED) is 0.711. The van der Waals surface area contributed by atoms with E-state index in [4.69, 9.17) is 5.11 Å². The molecule has 1 atom stereocenters. The molecule has 1 aliphatic rings. The van der Waals surface area contributed by atoms with E-state index in [0.717, 1.165) is 32.5 Å². The summed E-state index contributed by atoms with van der Waals surface area (Å²) < 4.78 is 0. The van der Waals surface area contributed by atoms with Gasteiger partial charge in [0.15, 0.2) is 0 Å². The number of nitrogens with one attached hydrogen (secondary N) is 1. The number of aliphatic carboxylic acids is 1. The van der Waals surface area contributed by atoms with Crippen molar-refractivity contribution in [1.29, 1.82) is 0 Å². The maximum atomic E-state index is 11.6. The highest BCUT2D eigenvalue weighted by Crippen LogP contribution is 2.18. The molecule has 0 radical (unpaired) electrons. The van der Waals surface area contributed by atoms with Gasteiger partial charge in [-0.3, -0.25) is 14.5 Å². The van der Waals surface area contributed by atoms with E-state index in [9.17, 15) is 9.59 Å². The molecule has 5 heteroatoms. The van der Waals surface area contributed by atoms with E-state index in [1.54, 1.807) is 0 Å². The number of hydrogen-bond acceptors (Lipinski definition) is 3. The number of carbonyl (C=O) groups excluding carboxylic acids is 1. The summed E-state index contributed by atoms with van der Waals surface area (Å²) >= 11 is 0. The summed E-state index contributed by atoms with van der Waals surface area (Å²) in [6.45, 7) is 6.93. The van der Waals surface area contributed by atoms with Crippen molar-refractivity contribution in [2.45, 2.75) is 33.1 Å². The van der Waals surface area contributed by atoms with Crippen molar-refractivity contribution in [2.24, 2.45) is 11.8 Å². The van der Waals surface area contributed by atoms with Crippen LogP contribution < -0.4 is 5.32 Å². The summed E-state index contributed by atoms with van der Waals surface area (Å²) in [4.78, 5) is 24.3. The molecule has 1 fully saturated rings. The van der Waals surface area contributed by atoms with Gasteiger partial charge in [-0.1, -0.05) is 13.8 Å². The Hall–Kier alpha value is -1.10. The molecule has 0 aliphatic carbocycles. The Bertz CT molecular complexity index is 292. The molecule has 18 heavy (non-hydrogen) atoms. The van der Waals surface area contributed by atoms with Crippen molar-refractivity contribution in [1.82, 2.24) is 10.2 Å². The number of nitrogens with zero attached hydrogens (tertiary/aromatic N) is 1. The minimum Gasteiger partial charge on any atom is -0.481 e. The van der Waals surface area contributed by atoms with Crippen LogP contribution in [0.4, 0.5) is 0 Å². The molecular weight excluding hydrogens is 232 g/mol. The second-order valence-electron chi connectivity index (χ2n) is 5.52. The molecule has 0 aromatic heterocycles. The molecule has 0 saturated carbocycles. The summed E-state index contributed by atoms with van der Waals surface area (Å²) in [5.41, 5.74) is 0. The van der Waals surface area contributed by atoms with E-state index in [1.165, 1.54) is 0 Å². The molecular formula is C13H24N2O3. The van der Waals surface area contributed by atoms with Crippen LogP contribution in [-0.4, -0.2) is 48.1 Å². The molecule has 1 saturated heterocycles. The van der Waals surface area contributed by atoms with Gasteiger partial charge in [-0.2, -0.15) is 0 Å². The number of carboxylic acids is 1. The lowest BCUT2D eigenvalue weighted by atomic mass is 10.1. The van der Waals surface area contributed by atoms with Crippen LogP contribution in [-0.2, 0) is 9.59 Å². The first-order valence-electron chi connectivity index (χ1n) is 6.68. The van der Waals surface area contributed by atoms with Gasteiger partial charge in [0.2, 0.25) is 5.91 Å². The van der Waals surface area contributed by atoms with Gasteiger partial charge in [0.1, 0.15) is 0 Å². The number of likely N-dealkylation sites (tertiary alicyclic amines) is 1. The number of hydrogen-bond donors (Lipinski definition) is 2. The fourth-order valence-corrected chi connectivity index (χ4v) is 2.23. The van der Waals surface area contributed by atoms with E-state index in [2.05, 4.69) is 19.2 Å². The SMILES string of the molecule is CC(C)CCNC(=O)CN1CCC(CC(=O)O)C1. The topological polar surface area (TPSA) is 69.6 Å². The Kier molecular flexibility index (Phi) is 6.12. The van der Waals surface area contributed by atoms with Gasteiger partial charge in [-0.15, -0.1) is 0 Å². The highest BCUT2D eigenvalue weighted by Gasteiger charge is 2.25. The first kappa shape index (κ1) is 15.0. The van der Waals surface area contributed by atoms with Gasteiger partial charge in [0, 0.05) is 19.5 Å². The predicted molar refractivity (Wildman–Crippen MR) is 69.3 cm³/mol. The average molecular weight is 256 g/mol. The molecule has 0 aromatic carbocycles. The summed E-state index contributed by atoms with van der Waals surface area (Å²) in [5, 5.41) is 11.6. The molecule has 104 valence electrons. The van der Waals surface area contributed by atoms with Crippen LogP contribution in [0.5, 0.6) is 0 Å². The number of rotatable bonds is 7. The Labute approximate surface area is 109 Å². The van der Waals surface area contributed by atoms with Crippen molar-refractivity contribution in [3.63, 3.8) is 0 Å². The fraction of sp³-hybridized carbons (Fsp3) is 0.846. The van der Waals surface area contributed by atoms with E-state index in [1.807, 2.05) is 4.90 Å². The largest absolute Gasteiger partial charge is 0.481 e. The third-order valence-electron chi connectivity index (χ3n) is 3.24. The smallest absolute Gasteiger partial charge is 0.303 e. The summed E-state index contributed by atoms with van der Waals surface area (Å²) in [6, 6.07) is 0. The van der Waals surface area contributed by atoms with Crippen molar-refractivity contribution >= 4 is 11.9 Å². The maximum Gasteiger partial charge on any atom is 0.303 e. The Morgan fingerprint density at radius 3 is 2.78 bits per heavy atom. The minimum absolute atomic E-state index is 0.0478. The van der Waals surface area contributed by atoms with Crippen LogP contribution in [0.25, 0.3) is 0 Å². The van der Waals surface area contributed by atoms with Crippen LogP contribution in [0.3, 0.4) is 0 Å². The third-order valence-corrected chi connectivity index (χ3v) is 3.24. The molecule has 2 N–H and O–H groups in total. The van der Waals surface area contributed by atoms with Gasteiger partial charge in [-0.05, 0) is 31.2 Å². The minimum atomic E-state index is -0.747. The van der Waals surface area contributed by atoms with Gasteiger partial charge < -0.3 is 10.4 Å². The van der Waals surface area contributed by atoms with Crippen molar-refractivity contribution in [3.8, 4) is 0 Å². The van der Waals surface area contributed by atoms with Crippen molar-refractivity contribution < 1.29 is 14.7 Å². The number of amides is 1. The molecule has 0 spiro atoms. The van der Waals surface area contributed by atoms with Crippen LogP contribution in [0, 0.1) is 11.8 Å². The van der Waals surface area contributed by atoms with E-state index in [-0.39, 0.29) is 18.2 Å². The highest BCUT2D eigenvalue weighted by molar-refractivity contribution is 5.78. The van der Waals surface area contributed by atoms with Gasteiger partial charge in [-0.25, -0.2) is 0 Å². The zero-order valence-corrected chi connectivity index (χ0v) is 11.3. The Morgan fingerprint density at radius 2 is 2.17 bits per heavy atom. The monoisotopic (exact) mass is 256 g/mol. The molecule has 1 aliphatic heterocycles. The molecule has 0 aromatic rings. The average Bonchev–Trinajstić information content (AvgIpc) is 2.63. The van der Waals surface area contributed by atoms with E-state index in [0.29, 0.717) is 12.5 Å². The highest BCUT2D eigenvalue weighted by atomic mass is 16.4. The Balaban J connectivity index is 2.16. The van der Waals surface area contributed by atoms with Crippen LogP contribution in [0.1, 0.15) is 33.1 Å². The molecule has 1 amide bonds. The first-order valence-corrected chi connectivity index (χ1v) is 6.68. The zero-order valence-electron chi connectivity index (χ0n) is 11.3. The molecule has 1 rings (SSSR count). The lowest BCUT2D eigenvalue weighted by Crippen LogP contribution is -2.36. The van der Waals surface area contributed by atoms with Gasteiger partial charge >= 0.3 is 5.97 Å². The predicted octanol–water partition coefficient (Wildman–Crippen LogP) is 0.945. The maximum absolute atomic E-state index is 11.6. The van der Waals surface area contributed by atoms with Crippen molar-refractivity contribution in [2.75, 3.05) is 26.2 Å². The Morgan fingerprint density at radius 1 is 1.44 bits per heavy atom. The van der Waals surface area contributed by atoms with E-state index >= 15 is 0 Å². The zero-order chi connectivity index (χ0) is 13.5. The van der Waals surface area contributed by atoms with Crippen LogP contribution in [0.15, 0.2) is 0 Å². The summed E-state index contributed by atoms with van der Waals surface area (Å²) in [6.07, 6.45) is 2.09. The number of carbonyl (C=O) groups is 2. The van der Waals surface area contributed by atoms with Crippen LogP contribution in [0.2, 0.25) is 0 Å². The third kappa shape index (κ3) is 6.00. The van der Waals surface area contributed by atoms with Crippen molar-refractivity contribution in [3.05, 3.63) is 0 Å². The summed E-state index contributed by atoms with van der Waals surface area (Å²) in [7, 11) is 0. The second-order valence-corrected chi connectivity index (χ2v) is 5.52. The summed E-state index contributed by atoms with van der Waals surface area (Å²) in [5.74, 6) is 0.0952. The molecule has 0 bridgehead atoms. The molecule has 1 unspecified atom stereocenters. The molecule has 5 nitrogen and oxygen atoms in total. The van der Waals surface area contributed by atoms with Crippen LogP contribution >= 0.6 is 0 Å². The lowest BCUT2D eigenvalue weighted by molar-refractivity contribution is -0.138. The first-order chi connectivity index (χ1) is 8.47. The fourth-order valence-electron chi connectivity index (χ4n) is 2.23.